The van der Waals surface area contributed by atoms with E-state index in [1.165, 1.54) is 0 Å². The van der Waals surface area contributed by atoms with Gasteiger partial charge in [0.25, 0.3) is 0 Å². The van der Waals surface area contributed by atoms with Crippen molar-refractivity contribution in [3.8, 4) is 11.5 Å². The van der Waals surface area contributed by atoms with E-state index in [0.29, 0.717) is 11.7 Å². The molecule has 0 spiro atoms. The lowest BCUT2D eigenvalue weighted by Crippen LogP contribution is -2.21. The van der Waals surface area contributed by atoms with Gasteiger partial charge >= 0.3 is 0 Å². The molecule has 2 aromatic rings. The Hall–Kier alpha value is -2.12. The second-order valence-corrected chi connectivity index (χ2v) is 6.11. The molecular formula is C17H23N3O4. The van der Waals surface area contributed by atoms with Crippen LogP contribution in [-0.2, 0) is 6.54 Å². The zero-order chi connectivity index (χ0) is 17.1. The van der Waals surface area contributed by atoms with E-state index in [-0.39, 0.29) is 18.4 Å². The average molecular weight is 333 g/mol. The summed E-state index contributed by atoms with van der Waals surface area (Å²) in [5.41, 5.74) is 1.13. The van der Waals surface area contributed by atoms with Gasteiger partial charge in [0.1, 0.15) is 0 Å². The van der Waals surface area contributed by atoms with E-state index in [9.17, 15) is 5.11 Å². The molecule has 1 aromatic heterocycles. The van der Waals surface area contributed by atoms with Crippen molar-refractivity contribution in [3.63, 3.8) is 0 Å². The van der Waals surface area contributed by atoms with E-state index in [0.717, 1.165) is 36.7 Å². The number of likely N-dealkylation sites (tertiary alicyclic amines) is 1. The maximum absolute atomic E-state index is 9.69. The first-order valence-corrected chi connectivity index (χ1v) is 7.99. The monoisotopic (exact) mass is 333 g/mol. The van der Waals surface area contributed by atoms with Gasteiger partial charge in [-0.3, -0.25) is 4.90 Å². The number of rotatable bonds is 6. The molecule has 0 saturated carbocycles. The summed E-state index contributed by atoms with van der Waals surface area (Å²) < 4.78 is 15.9. The summed E-state index contributed by atoms with van der Waals surface area (Å²) in [5, 5.41) is 13.5. The van der Waals surface area contributed by atoms with Gasteiger partial charge in [-0.05, 0) is 24.6 Å². The van der Waals surface area contributed by atoms with Crippen molar-refractivity contribution in [3.05, 3.63) is 35.5 Å². The Balaban J connectivity index is 1.72. The van der Waals surface area contributed by atoms with Crippen molar-refractivity contribution in [1.82, 2.24) is 15.0 Å². The van der Waals surface area contributed by atoms with Gasteiger partial charge in [-0.25, -0.2) is 0 Å². The summed E-state index contributed by atoms with van der Waals surface area (Å²) >= 11 is 0. The molecule has 0 radical (unpaired) electrons. The van der Waals surface area contributed by atoms with Gasteiger partial charge in [-0.2, -0.15) is 4.98 Å². The summed E-state index contributed by atoms with van der Waals surface area (Å²) in [6.45, 7) is 4.24. The molecule has 0 aliphatic carbocycles. The smallest absolute Gasteiger partial charge is 0.231 e. The SMILES string of the molecule is COc1ccc(CN2C[C@@H](CO)[C@H](c3nc(C)no3)C2)cc1OC. The number of ether oxygens (including phenoxy) is 2. The molecule has 1 aliphatic rings. The lowest BCUT2D eigenvalue weighted by atomic mass is 9.97. The maximum atomic E-state index is 9.69. The van der Waals surface area contributed by atoms with Crippen molar-refractivity contribution < 1.29 is 19.1 Å². The molecular weight excluding hydrogens is 310 g/mol. The first-order valence-electron chi connectivity index (χ1n) is 7.99. The van der Waals surface area contributed by atoms with Gasteiger partial charge in [-0.1, -0.05) is 11.2 Å². The normalized spacial score (nSPS) is 21.2. The minimum Gasteiger partial charge on any atom is -0.493 e. The van der Waals surface area contributed by atoms with Crippen molar-refractivity contribution in [2.45, 2.75) is 19.4 Å². The largest absolute Gasteiger partial charge is 0.493 e. The Bertz CT molecular complexity index is 688. The molecule has 1 fully saturated rings. The summed E-state index contributed by atoms with van der Waals surface area (Å²) in [5.74, 6) is 2.84. The zero-order valence-corrected chi connectivity index (χ0v) is 14.2. The Morgan fingerprint density at radius 3 is 2.67 bits per heavy atom. The van der Waals surface area contributed by atoms with Crippen LogP contribution in [-0.4, -0.2) is 54.1 Å². The highest BCUT2D eigenvalue weighted by molar-refractivity contribution is 5.42. The topological polar surface area (TPSA) is 80.9 Å². The predicted molar refractivity (Wildman–Crippen MR) is 87.2 cm³/mol. The highest BCUT2D eigenvalue weighted by Crippen LogP contribution is 2.33. The van der Waals surface area contributed by atoms with E-state index < -0.39 is 0 Å². The van der Waals surface area contributed by atoms with Crippen molar-refractivity contribution >= 4 is 0 Å². The number of benzene rings is 1. The zero-order valence-electron chi connectivity index (χ0n) is 14.2. The molecule has 7 nitrogen and oxygen atoms in total. The van der Waals surface area contributed by atoms with Gasteiger partial charge in [0.2, 0.25) is 5.89 Å². The van der Waals surface area contributed by atoms with Gasteiger partial charge in [0, 0.05) is 32.2 Å². The van der Waals surface area contributed by atoms with Crippen LogP contribution in [0.2, 0.25) is 0 Å². The molecule has 1 N–H and O–H groups in total. The van der Waals surface area contributed by atoms with E-state index in [1.807, 2.05) is 18.2 Å². The number of nitrogens with zero attached hydrogens (tertiary/aromatic N) is 3. The maximum Gasteiger partial charge on any atom is 0.231 e. The molecule has 1 saturated heterocycles. The van der Waals surface area contributed by atoms with Crippen LogP contribution in [0.3, 0.4) is 0 Å². The highest BCUT2D eigenvalue weighted by atomic mass is 16.5. The Morgan fingerprint density at radius 2 is 2.04 bits per heavy atom. The molecule has 3 rings (SSSR count). The molecule has 2 atom stereocenters. The third-order valence-electron chi connectivity index (χ3n) is 4.47. The summed E-state index contributed by atoms with van der Waals surface area (Å²) in [6.07, 6.45) is 0. The minimum absolute atomic E-state index is 0.0661. The number of hydrogen-bond acceptors (Lipinski definition) is 7. The van der Waals surface area contributed by atoms with Crippen molar-refractivity contribution in [1.29, 1.82) is 0 Å². The fourth-order valence-electron chi connectivity index (χ4n) is 3.26. The Morgan fingerprint density at radius 1 is 1.25 bits per heavy atom. The first kappa shape index (κ1) is 16.7. The van der Waals surface area contributed by atoms with Crippen LogP contribution in [0.25, 0.3) is 0 Å². The second-order valence-electron chi connectivity index (χ2n) is 6.11. The molecule has 0 unspecified atom stereocenters. The van der Waals surface area contributed by atoms with Crippen LogP contribution in [0.15, 0.2) is 22.7 Å². The molecule has 7 heteroatoms. The molecule has 1 aliphatic heterocycles. The van der Waals surface area contributed by atoms with Crippen LogP contribution in [0.5, 0.6) is 11.5 Å². The average Bonchev–Trinajstić information content (AvgIpc) is 3.20. The molecule has 0 bridgehead atoms. The molecule has 130 valence electrons. The van der Waals surface area contributed by atoms with E-state index in [4.69, 9.17) is 14.0 Å². The van der Waals surface area contributed by atoms with Gasteiger partial charge in [0.15, 0.2) is 17.3 Å². The standard InChI is InChI=1S/C17H23N3O4/c1-11-18-17(24-19-11)14-9-20(8-13(14)10-21)7-12-4-5-15(22-2)16(6-12)23-3/h4-6,13-14,21H,7-10H2,1-3H3/t13-,14+/m0/s1. The molecule has 1 aromatic carbocycles. The van der Waals surface area contributed by atoms with Crippen LogP contribution >= 0.6 is 0 Å². The minimum atomic E-state index is 0.0661. The number of hydrogen-bond donors (Lipinski definition) is 1. The third kappa shape index (κ3) is 3.37. The number of aliphatic hydroxyl groups is 1. The number of aliphatic hydroxyl groups excluding tert-OH is 1. The lowest BCUT2D eigenvalue weighted by Gasteiger charge is -2.17. The summed E-state index contributed by atoms with van der Waals surface area (Å²) in [4.78, 5) is 6.61. The Labute approximate surface area is 141 Å². The van der Waals surface area contributed by atoms with E-state index in [2.05, 4.69) is 15.0 Å². The van der Waals surface area contributed by atoms with Gasteiger partial charge < -0.3 is 19.1 Å². The van der Waals surface area contributed by atoms with Crippen molar-refractivity contribution in [2.24, 2.45) is 5.92 Å². The highest BCUT2D eigenvalue weighted by Gasteiger charge is 2.36. The molecule has 24 heavy (non-hydrogen) atoms. The molecule has 2 heterocycles. The molecule has 0 amide bonds. The number of aryl methyl sites for hydroxylation is 1. The first-order chi connectivity index (χ1) is 11.6. The van der Waals surface area contributed by atoms with Crippen LogP contribution < -0.4 is 9.47 Å². The van der Waals surface area contributed by atoms with Gasteiger partial charge in [0.05, 0.1) is 20.1 Å². The van der Waals surface area contributed by atoms with Gasteiger partial charge in [-0.15, -0.1) is 0 Å². The van der Waals surface area contributed by atoms with Crippen LogP contribution in [0.1, 0.15) is 23.2 Å². The van der Waals surface area contributed by atoms with Crippen molar-refractivity contribution in [2.75, 3.05) is 33.9 Å². The summed E-state index contributed by atoms with van der Waals surface area (Å²) in [7, 11) is 3.26. The summed E-state index contributed by atoms with van der Waals surface area (Å²) in [6, 6.07) is 5.92. The van der Waals surface area contributed by atoms with E-state index >= 15 is 0 Å². The number of aromatic nitrogens is 2. The van der Waals surface area contributed by atoms with E-state index in [1.54, 1.807) is 21.1 Å². The predicted octanol–water partition coefficient (Wildman–Crippen LogP) is 1.60. The quantitative estimate of drug-likeness (QED) is 0.860. The third-order valence-corrected chi connectivity index (χ3v) is 4.47. The fourth-order valence-corrected chi connectivity index (χ4v) is 3.26. The lowest BCUT2D eigenvalue weighted by molar-refractivity contribution is 0.205. The second kappa shape index (κ2) is 7.19. The number of methoxy groups -OCH3 is 2. The fraction of sp³-hybridized carbons (Fsp3) is 0.529. The van der Waals surface area contributed by atoms with Crippen LogP contribution in [0, 0.1) is 12.8 Å². The van der Waals surface area contributed by atoms with Crippen LogP contribution in [0.4, 0.5) is 0 Å². The Kier molecular flexibility index (Phi) is 5.01.